The minimum absolute atomic E-state index is 0.234. The first-order valence-electron chi connectivity index (χ1n) is 6.94. The molecule has 0 aromatic heterocycles. The lowest BCUT2D eigenvalue weighted by atomic mass is 10.2. The Balaban J connectivity index is 1.77. The standard InChI is InChI=1S/C17H11FN2O2S2/c18-13-8-6-11(7-9-13)10-14-16(22)20(17(23)24-14)19-15(21)12-4-2-1-3-5-12/h1-10H,(H,19,21)/b14-10-. The first-order chi connectivity index (χ1) is 11.5. The lowest BCUT2D eigenvalue weighted by molar-refractivity contribution is -0.123. The van der Waals surface area contributed by atoms with Crippen LogP contribution in [0.1, 0.15) is 15.9 Å². The van der Waals surface area contributed by atoms with Gasteiger partial charge in [-0.25, -0.2) is 4.39 Å². The summed E-state index contributed by atoms with van der Waals surface area (Å²) in [5.41, 5.74) is 3.60. The fourth-order valence-corrected chi connectivity index (χ4v) is 3.21. The zero-order chi connectivity index (χ0) is 17.1. The van der Waals surface area contributed by atoms with Crippen molar-refractivity contribution in [3.05, 3.63) is 76.4 Å². The van der Waals surface area contributed by atoms with Crippen LogP contribution in [0.3, 0.4) is 0 Å². The number of nitrogens with zero attached hydrogens (tertiary/aromatic N) is 1. The van der Waals surface area contributed by atoms with Gasteiger partial charge in [-0.1, -0.05) is 42.1 Å². The van der Waals surface area contributed by atoms with Gasteiger partial charge in [0.2, 0.25) is 0 Å². The molecule has 0 spiro atoms. The minimum Gasteiger partial charge on any atom is -0.267 e. The summed E-state index contributed by atoms with van der Waals surface area (Å²) in [6, 6.07) is 14.3. The molecule has 3 rings (SSSR count). The second-order valence-electron chi connectivity index (χ2n) is 4.88. The molecule has 2 aromatic rings. The third-order valence-corrected chi connectivity index (χ3v) is 4.51. The predicted octanol–water partition coefficient (Wildman–Crippen LogP) is 3.37. The quantitative estimate of drug-likeness (QED) is 0.675. The molecule has 1 aliphatic heterocycles. The van der Waals surface area contributed by atoms with Gasteiger partial charge >= 0.3 is 0 Å². The highest BCUT2D eigenvalue weighted by atomic mass is 32.2. The number of thioether (sulfide) groups is 1. The van der Waals surface area contributed by atoms with Gasteiger partial charge in [0.1, 0.15) is 5.82 Å². The zero-order valence-electron chi connectivity index (χ0n) is 12.2. The van der Waals surface area contributed by atoms with E-state index < -0.39 is 11.8 Å². The molecular formula is C17H11FN2O2S2. The van der Waals surface area contributed by atoms with Crippen LogP contribution in [0.25, 0.3) is 6.08 Å². The SMILES string of the molecule is O=C(NN1C(=O)/C(=C/c2ccc(F)cc2)SC1=S)c1ccccc1. The van der Waals surface area contributed by atoms with E-state index in [9.17, 15) is 14.0 Å². The fraction of sp³-hybridized carbons (Fsp3) is 0. The highest BCUT2D eigenvalue weighted by Crippen LogP contribution is 2.31. The molecule has 7 heteroatoms. The highest BCUT2D eigenvalue weighted by molar-refractivity contribution is 8.26. The lowest BCUT2D eigenvalue weighted by Gasteiger charge is -2.15. The van der Waals surface area contributed by atoms with E-state index in [1.54, 1.807) is 48.5 Å². The van der Waals surface area contributed by atoms with E-state index in [1.165, 1.54) is 12.1 Å². The van der Waals surface area contributed by atoms with Crippen LogP contribution < -0.4 is 5.43 Å². The van der Waals surface area contributed by atoms with E-state index in [2.05, 4.69) is 5.43 Å². The van der Waals surface area contributed by atoms with Crippen molar-refractivity contribution in [2.75, 3.05) is 0 Å². The van der Waals surface area contributed by atoms with E-state index >= 15 is 0 Å². The Labute approximate surface area is 147 Å². The third-order valence-electron chi connectivity index (χ3n) is 3.21. The molecule has 24 heavy (non-hydrogen) atoms. The number of nitrogens with one attached hydrogen (secondary N) is 1. The van der Waals surface area contributed by atoms with E-state index in [0.717, 1.165) is 16.8 Å². The number of rotatable bonds is 3. The molecule has 0 saturated carbocycles. The Hall–Kier alpha value is -2.51. The van der Waals surface area contributed by atoms with Crippen LogP contribution in [0.2, 0.25) is 0 Å². The van der Waals surface area contributed by atoms with Gasteiger partial charge in [0.15, 0.2) is 4.32 Å². The topological polar surface area (TPSA) is 49.4 Å². The Morgan fingerprint density at radius 3 is 2.46 bits per heavy atom. The first kappa shape index (κ1) is 16.4. The molecule has 0 bridgehead atoms. The van der Waals surface area contributed by atoms with Crippen LogP contribution in [0.4, 0.5) is 4.39 Å². The number of carbonyl (C=O) groups is 2. The normalized spacial score (nSPS) is 15.9. The number of benzene rings is 2. The van der Waals surface area contributed by atoms with E-state index in [4.69, 9.17) is 12.2 Å². The molecule has 2 amide bonds. The molecule has 0 atom stereocenters. The van der Waals surface area contributed by atoms with Gasteiger partial charge in [0, 0.05) is 5.56 Å². The van der Waals surface area contributed by atoms with Crippen molar-refractivity contribution >= 4 is 46.2 Å². The smallest absolute Gasteiger partial charge is 0.267 e. The molecule has 2 aromatic carbocycles. The van der Waals surface area contributed by atoms with Gasteiger partial charge in [-0.15, -0.1) is 0 Å². The van der Waals surface area contributed by atoms with Crippen molar-refractivity contribution in [1.82, 2.24) is 10.4 Å². The Bertz CT molecular complexity index is 835. The number of thiocarbonyl (C=S) groups is 1. The van der Waals surface area contributed by atoms with Gasteiger partial charge in [0.25, 0.3) is 11.8 Å². The second kappa shape index (κ2) is 6.94. The van der Waals surface area contributed by atoms with Crippen molar-refractivity contribution in [3.63, 3.8) is 0 Å². The second-order valence-corrected chi connectivity index (χ2v) is 6.55. The largest absolute Gasteiger partial charge is 0.285 e. The molecule has 1 heterocycles. The Morgan fingerprint density at radius 2 is 1.79 bits per heavy atom. The number of hydrazine groups is 1. The van der Waals surface area contributed by atoms with Gasteiger partial charge < -0.3 is 0 Å². The fourth-order valence-electron chi connectivity index (χ4n) is 2.03. The summed E-state index contributed by atoms with van der Waals surface area (Å²) in [6.45, 7) is 0. The number of hydrogen-bond acceptors (Lipinski definition) is 4. The number of carbonyl (C=O) groups excluding carboxylic acids is 2. The predicted molar refractivity (Wildman–Crippen MR) is 95.3 cm³/mol. The molecule has 1 saturated heterocycles. The van der Waals surface area contributed by atoms with Crippen LogP contribution in [-0.2, 0) is 4.79 Å². The molecule has 1 fully saturated rings. The lowest BCUT2D eigenvalue weighted by Crippen LogP contribution is -2.44. The molecule has 4 nitrogen and oxygen atoms in total. The van der Waals surface area contributed by atoms with Crippen LogP contribution in [0.15, 0.2) is 59.5 Å². The van der Waals surface area contributed by atoms with Crippen molar-refractivity contribution in [3.8, 4) is 0 Å². The monoisotopic (exact) mass is 358 g/mol. The maximum absolute atomic E-state index is 12.9. The van der Waals surface area contributed by atoms with Gasteiger partial charge in [-0.3, -0.25) is 15.0 Å². The van der Waals surface area contributed by atoms with Crippen LogP contribution in [0, 0.1) is 5.82 Å². The number of hydrogen-bond donors (Lipinski definition) is 1. The average molecular weight is 358 g/mol. The van der Waals surface area contributed by atoms with E-state index in [1.807, 2.05) is 0 Å². The van der Waals surface area contributed by atoms with Crippen LogP contribution >= 0.6 is 24.0 Å². The first-order valence-corrected chi connectivity index (χ1v) is 8.16. The summed E-state index contributed by atoms with van der Waals surface area (Å²) in [5.74, 6) is -1.19. The molecular weight excluding hydrogens is 347 g/mol. The van der Waals surface area contributed by atoms with E-state index in [-0.39, 0.29) is 10.1 Å². The maximum atomic E-state index is 12.9. The van der Waals surface area contributed by atoms with Crippen LogP contribution in [-0.4, -0.2) is 21.1 Å². The minimum atomic E-state index is -0.421. The Morgan fingerprint density at radius 1 is 1.12 bits per heavy atom. The van der Waals surface area contributed by atoms with Gasteiger partial charge in [-0.2, -0.15) is 5.01 Å². The molecule has 1 N–H and O–H groups in total. The molecule has 0 aliphatic carbocycles. The van der Waals surface area contributed by atoms with Gasteiger partial charge in [-0.05, 0) is 48.1 Å². The summed E-state index contributed by atoms with van der Waals surface area (Å²) in [5, 5.41) is 1.05. The summed E-state index contributed by atoms with van der Waals surface area (Å²) in [6.07, 6.45) is 1.60. The van der Waals surface area contributed by atoms with Gasteiger partial charge in [0.05, 0.1) is 4.91 Å². The molecule has 120 valence electrons. The average Bonchev–Trinajstić information content (AvgIpc) is 2.85. The summed E-state index contributed by atoms with van der Waals surface area (Å²) >= 11 is 6.23. The molecule has 1 aliphatic rings. The number of amides is 2. The summed E-state index contributed by atoms with van der Waals surface area (Å²) in [4.78, 5) is 24.9. The third kappa shape index (κ3) is 3.52. The zero-order valence-corrected chi connectivity index (χ0v) is 13.9. The number of halogens is 1. The summed E-state index contributed by atoms with van der Waals surface area (Å²) < 4.78 is 13.2. The Kier molecular flexibility index (Phi) is 4.73. The van der Waals surface area contributed by atoms with Crippen LogP contribution in [0.5, 0.6) is 0 Å². The highest BCUT2D eigenvalue weighted by Gasteiger charge is 2.33. The van der Waals surface area contributed by atoms with Crippen molar-refractivity contribution in [1.29, 1.82) is 0 Å². The molecule has 0 unspecified atom stereocenters. The summed E-state index contributed by atoms with van der Waals surface area (Å²) in [7, 11) is 0. The molecule has 0 radical (unpaired) electrons. The van der Waals surface area contributed by atoms with E-state index in [0.29, 0.717) is 16.0 Å². The maximum Gasteiger partial charge on any atom is 0.285 e. The van der Waals surface area contributed by atoms with Crippen molar-refractivity contribution < 1.29 is 14.0 Å². The van der Waals surface area contributed by atoms with Crippen molar-refractivity contribution in [2.45, 2.75) is 0 Å². The van der Waals surface area contributed by atoms with Crippen molar-refractivity contribution in [2.24, 2.45) is 0 Å².